The quantitative estimate of drug-likeness (QED) is 0.320. The van der Waals surface area contributed by atoms with Gasteiger partial charge in [-0.15, -0.1) is 0 Å². The third-order valence-electron chi connectivity index (χ3n) is 4.75. The van der Waals surface area contributed by atoms with Crippen molar-refractivity contribution in [2.75, 3.05) is 0 Å². The van der Waals surface area contributed by atoms with Gasteiger partial charge >= 0.3 is 11.9 Å². The normalized spacial score (nSPS) is 14.1. The molecule has 1 aromatic carbocycles. The second-order valence-corrected chi connectivity index (χ2v) is 7.39. The van der Waals surface area contributed by atoms with Gasteiger partial charge in [-0.05, 0) is 17.5 Å². The van der Waals surface area contributed by atoms with E-state index in [-0.39, 0.29) is 12.3 Å². The molecule has 0 saturated carbocycles. The van der Waals surface area contributed by atoms with Crippen LogP contribution in [0.5, 0.6) is 0 Å². The van der Waals surface area contributed by atoms with Crippen molar-refractivity contribution in [3.8, 4) is 0 Å². The van der Waals surface area contributed by atoms with E-state index in [4.69, 9.17) is 10.8 Å². The van der Waals surface area contributed by atoms with Crippen LogP contribution in [0.25, 0.3) is 10.9 Å². The summed E-state index contributed by atoms with van der Waals surface area (Å²) in [6.45, 7) is 3.41. The van der Waals surface area contributed by atoms with Gasteiger partial charge < -0.3 is 31.6 Å². The van der Waals surface area contributed by atoms with Gasteiger partial charge in [0.2, 0.25) is 11.8 Å². The Bertz CT molecular complexity index is 938. The highest BCUT2D eigenvalue weighted by molar-refractivity contribution is 5.94. The summed E-state index contributed by atoms with van der Waals surface area (Å²) in [4.78, 5) is 50.7. The number of rotatable bonds is 10. The first-order valence-electron chi connectivity index (χ1n) is 9.46. The van der Waals surface area contributed by atoms with Crippen molar-refractivity contribution in [2.24, 2.45) is 11.7 Å². The van der Waals surface area contributed by atoms with Gasteiger partial charge in [-0.3, -0.25) is 14.4 Å². The Balaban J connectivity index is 2.16. The lowest BCUT2D eigenvalue weighted by Crippen LogP contribution is -2.56. The van der Waals surface area contributed by atoms with Gasteiger partial charge in [-0.1, -0.05) is 32.0 Å². The van der Waals surface area contributed by atoms with Crippen LogP contribution in [0, 0.1) is 5.92 Å². The number of carboxylic acid groups (broad SMARTS) is 2. The smallest absolute Gasteiger partial charge is 0.326 e. The van der Waals surface area contributed by atoms with Crippen molar-refractivity contribution in [1.29, 1.82) is 0 Å². The Hall–Kier alpha value is -3.40. The summed E-state index contributed by atoms with van der Waals surface area (Å²) >= 11 is 0. The van der Waals surface area contributed by atoms with E-state index in [9.17, 15) is 24.3 Å². The molecule has 0 saturated heterocycles. The first kappa shape index (κ1) is 22.9. The lowest BCUT2D eigenvalue weighted by atomic mass is 10.0. The number of aliphatic carboxylic acids is 2. The minimum Gasteiger partial charge on any atom is -0.481 e. The molecule has 0 aliphatic carbocycles. The van der Waals surface area contributed by atoms with E-state index in [1.165, 1.54) is 0 Å². The van der Waals surface area contributed by atoms with Gasteiger partial charge in [0, 0.05) is 23.5 Å². The molecular weight excluding hydrogens is 392 g/mol. The number of aromatic nitrogens is 1. The molecule has 162 valence electrons. The van der Waals surface area contributed by atoms with Crippen LogP contribution < -0.4 is 16.4 Å². The minimum atomic E-state index is -1.45. The summed E-state index contributed by atoms with van der Waals surface area (Å²) in [6, 6.07) is 3.60. The topological polar surface area (TPSA) is 175 Å². The van der Waals surface area contributed by atoms with E-state index in [2.05, 4.69) is 15.6 Å². The van der Waals surface area contributed by atoms with Gasteiger partial charge in [-0.2, -0.15) is 0 Å². The number of aromatic amines is 1. The Kier molecular flexibility index (Phi) is 7.54. The third-order valence-corrected chi connectivity index (χ3v) is 4.75. The van der Waals surface area contributed by atoms with Crippen molar-refractivity contribution in [3.63, 3.8) is 0 Å². The number of nitrogens with one attached hydrogen (secondary N) is 3. The highest BCUT2D eigenvalue weighted by Crippen LogP contribution is 2.19. The average Bonchev–Trinajstić information content (AvgIpc) is 3.08. The highest BCUT2D eigenvalue weighted by Gasteiger charge is 2.30. The number of fused-ring (bicyclic) bond motifs is 1. The zero-order valence-corrected chi connectivity index (χ0v) is 16.7. The van der Waals surface area contributed by atoms with Gasteiger partial charge in [0.15, 0.2) is 0 Å². The number of hydrogen-bond donors (Lipinski definition) is 6. The second-order valence-electron chi connectivity index (χ2n) is 7.39. The van der Waals surface area contributed by atoms with Crippen LogP contribution in [0.15, 0.2) is 30.5 Å². The Morgan fingerprint density at radius 2 is 1.67 bits per heavy atom. The van der Waals surface area contributed by atoms with Gasteiger partial charge in [0.1, 0.15) is 12.1 Å². The van der Waals surface area contributed by atoms with E-state index in [1.54, 1.807) is 20.0 Å². The molecule has 10 nitrogen and oxygen atoms in total. The SMILES string of the molecule is CC(C)[C@H](N)C(=O)N[C@@H](CC(=O)O)C(=O)N[C@@H](Cc1c[nH]c2ccccc12)C(=O)O. The number of carbonyl (C=O) groups is 4. The zero-order valence-electron chi connectivity index (χ0n) is 16.7. The van der Waals surface area contributed by atoms with Crippen LogP contribution in [0.3, 0.4) is 0 Å². The van der Waals surface area contributed by atoms with Crippen molar-refractivity contribution >= 4 is 34.7 Å². The molecule has 1 heterocycles. The minimum absolute atomic E-state index is 0.0235. The largest absolute Gasteiger partial charge is 0.481 e. The third kappa shape index (κ3) is 5.80. The molecule has 10 heteroatoms. The standard InChI is InChI=1S/C20H26N4O6/c1-10(2)17(21)19(28)23-14(8-16(25)26)18(27)24-15(20(29)30)7-11-9-22-13-6-4-3-5-12(11)13/h3-6,9-10,14-15,17,22H,7-8,21H2,1-2H3,(H,23,28)(H,24,27)(H,25,26)(H,29,30)/t14-,15-,17-/m0/s1. The molecular formula is C20H26N4O6. The van der Waals surface area contributed by atoms with E-state index in [0.717, 1.165) is 10.9 Å². The molecule has 0 unspecified atom stereocenters. The number of nitrogens with two attached hydrogens (primary N) is 1. The summed E-state index contributed by atoms with van der Waals surface area (Å²) < 4.78 is 0. The number of carbonyl (C=O) groups excluding carboxylic acids is 2. The lowest BCUT2D eigenvalue weighted by molar-refractivity contribution is -0.143. The Morgan fingerprint density at radius 1 is 1.03 bits per heavy atom. The molecule has 0 aliphatic heterocycles. The molecule has 0 spiro atoms. The maximum absolute atomic E-state index is 12.6. The number of carboxylic acids is 2. The molecule has 2 rings (SSSR count). The molecule has 0 radical (unpaired) electrons. The molecule has 1 aromatic heterocycles. The van der Waals surface area contributed by atoms with Gasteiger partial charge in [-0.25, -0.2) is 4.79 Å². The summed E-state index contributed by atoms with van der Waals surface area (Å²) in [5.74, 6) is -4.43. The Morgan fingerprint density at radius 3 is 2.27 bits per heavy atom. The van der Waals surface area contributed by atoms with Crippen LogP contribution in [-0.4, -0.2) is 57.1 Å². The molecule has 30 heavy (non-hydrogen) atoms. The maximum atomic E-state index is 12.6. The van der Waals surface area contributed by atoms with Crippen molar-refractivity contribution in [3.05, 3.63) is 36.0 Å². The highest BCUT2D eigenvalue weighted by atomic mass is 16.4. The average molecular weight is 418 g/mol. The molecule has 7 N–H and O–H groups in total. The van der Waals surface area contributed by atoms with Crippen LogP contribution >= 0.6 is 0 Å². The fourth-order valence-electron chi connectivity index (χ4n) is 2.95. The Labute approximate surface area is 172 Å². The molecule has 3 atom stereocenters. The molecule has 0 aliphatic rings. The number of benzene rings is 1. The first-order valence-corrected chi connectivity index (χ1v) is 9.46. The summed E-state index contributed by atoms with van der Waals surface area (Å²) in [5.41, 5.74) is 7.24. The van der Waals surface area contributed by atoms with Crippen molar-refractivity contribution < 1.29 is 29.4 Å². The fraction of sp³-hybridized carbons (Fsp3) is 0.400. The molecule has 2 amide bonds. The zero-order chi connectivity index (χ0) is 22.4. The second kappa shape index (κ2) is 9.88. The van der Waals surface area contributed by atoms with Gasteiger partial charge in [0.25, 0.3) is 0 Å². The number of para-hydroxylation sites is 1. The van der Waals surface area contributed by atoms with E-state index >= 15 is 0 Å². The molecule has 0 fully saturated rings. The van der Waals surface area contributed by atoms with Crippen molar-refractivity contribution in [1.82, 2.24) is 15.6 Å². The lowest BCUT2D eigenvalue weighted by Gasteiger charge is -2.23. The predicted octanol–water partition coefficient (Wildman–Crippen LogP) is 0.223. The summed E-state index contributed by atoms with van der Waals surface area (Å²) in [7, 11) is 0. The first-order chi connectivity index (χ1) is 14.1. The maximum Gasteiger partial charge on any atom is 0.326 e. The van der Waals surface area contributed by atoms with E-state index < -0.39 is 48.3 Å². The van der Waals surface area contributed by atoms with Crippen LogP contribution in [0.4, 0.5) is 0 Å². The van der Waals surface area contributed by atoms with Crippen LogP contribution in [0.2, 0.25) is 0 Å². The molecule has 2 aromatic rings. The predicted molar refractivity (Wildman–Crippen MR) is 109 cm³/mol. The van der Waals surface area contributed by atoms with Crippen molar-refractivity contribution in [2.45, 2.75) is 44.8 Å². The summed E-state index contributed by atoms with van der Waals surface area (Å²) in [5, 5.41) is 24.1. The molecule has 0 bridgehead atoms. The van der Waals surface area contributed by atoms with Crippen LogP contribution in [0.1, 0.15) is 25.8 Å². The summed E-state index contributed by atoms with van der Waals surface area (Å²) in [6.07, 6.45) is 0.928. The number of H-pyrrole nitrogens is 1. The number of amides is 2. The number of hydrogen-bond acceptors (Lipinski definition) is 5. The van der Waals surface area contributed by atoms with Gasteiger partial charge in [0.05, 0.1) is 12.5 Å². The van der Waals surface area contributed by atoms with E-state index in [0.29, 0.717) is 5.56 Å². The van der Waals surface area contributed by atoms with Crippen LogP contribution in [-0.2, 0) is 25.6 Å². The monoisotopic (exact) mass is 418 g/mol. The fourth-order valence-corrected chi connectivity index (χ4v) is 2.95. The van der Waals surface area contributed by atoms with E-state index in [1.807, 2.05) is 24.3 Å².